The van der Waals surface area contributed by atoms with Crippen molar-refractivity contribution in [3.63, 3.8) is 0 Å². The molecule has 0 radical (unpaired) electrons. The van der Waals surface area contributed by atoms with E-state index in [0.717, 1.165) is 23.8 Å². The SMILES string of the molecule is CC(Cc1cccc(CC=O)c1)NC[C@H](O)c1ccc(O)c2[nH]c(=O)ccc12. The Morgan fingerprint density at radius 2 is 1.93 bits per heavy atom. The van der Waals surface area contributed by atoms with E-state index in [1.54, 1.807) is 12.1 Å². The summed E-state index contributed by atoms with van der Waals surface area (Å²) < 4.78 is 0. The molecule has 2 aromatic carbocycles. The molecule has 3 aromatic rings. The van der Waals surface area contributed by atoms with Crippen LogP contribution in [0.25, 0.3) is 10.9 Å². The second-order valence-electron chi connectivity index (χ2n) is 7.01. The highest BCUT2D eigenvalue weighted by atomic mass is 16.3. The normalized spacial score (nSPS) is 13.4. The monoisotopic (exact) mass is 380 g/mol. The summed E-state index contributed by atoms with van der Waals surface area (Å²) in [7, 11) is 0. The number of aromatic hydroxyl groups is 1. The number of hydrogen-bond donors (Lipinski definition) is 4. The van der Waals surface area contributed by atoms with Gasteiger partial charge in [-0.2, -0.15) is 0 Å². The second-order valence-corrected chi connectivity index (χ2v) is 7.01. The van der Waals surface area contributed by atoms with Crippen LogP contribution in [-0.2, 0) is 17.6 Å². The lowest BCUT2D eigenvalue weighted by Crippen LogP contribution is -2.32. The first-order valence-corrected chi connectivity index (χ1v) is 9.25. The third-order valence-corrected chi connectivity index (χ3v) is 4.78. The Morgan fingerprint density at radius 1 is 1.14 bits per heavy atom. The van der Waals surface area contributed by atoms with E-state index in [2.05, 4.69) is 10.3 Å². The van der Waals surface area contributed by atoms with Crippen molar-refractivity contribution in [2.75, 3.05) is 6.54 Å². The van der Waals surface area contributed by atoms with E-state index in [1.807, 2.05) is 31.2 Å². The van der Waals surface area contributed by atoms with Crippen LogP contribution in [-0.4, -0.2) is 34.1 Å². The quantitative estimate of drug-likeness (QED) is 0.449. The number of carbonyl (C=O) groups excluding carboxylic acids is 1. The Morgan fingerprint density at radius 3 is 2.71 bits per heavy atom. The van der Waals surface area contributed by atoms with Gasteiger partial charge in [-0.1, -0.05) is 30.3 Å². The third kappa shape index (κ3) is 4.65. The van der Waals surface area contributed by atoms with E-state index >= 15 is 0 Å². The van der Waals surface area contributed by atoms with Crippen LogP contribution in [0.5, 0.6) is 5.75 Å². The number of hydrogen-bond acceptors (Lipinski definition) is 5. The topological polar surface area (TPSA) is 102 Å². The maximum Gasteiger partial charge on any atom is 0.248 e. The summed E-state index contributed by atoms with van der Waals surface area (Å²) in [5, 5.41) is 24.5. The average Bonchev–Trinajstić information content (AvgIpc) is 2.67. The molecule has 4 N–H and O–H groups in total. The summed E-state index contributed by atoms with van der Waals surface area (Å²) in [6.45, 7) is 2.36. The highest BCUT2D eigenvalue weighted by Gasteiger charge is 2.15. The molecule has 146 valence electrons. The van der Waals surface area contributed by atoms with Crippen LogP contribution >= 0.6 is 0 Å². The van der Waals surface area contributed by atoms with E-state index < -0.39 is 6.10 Å². The smallest absolute Gasteiger partial charge is 0.248 e. The van der Waals surface area contributed by atoms with Gasteiger partial charge in [0.05, 0.1) is 11.6 Å². The molecule has 0 aliphatic carbocycles. The molecule has 28 heavy (non-hydrogen) atoms. The van der Waals surface area contributed by atoms with E-state index in [4.69, 9.17) is 0 Å². The number of H-pyrrole nitrogens is 1. The predicted molar refractivity (Wildman–Crippen MR) is 109 cm³/mol. The molecular formula is C22H24N2O4. The number of aromatic nitrogens is 1. The fourth-order valence-corrected chi connectivity index (χ4v) is 3.38. The molecule has 0 aliphatic rings. The maximum absolute atomic E-state index is 11.5. The van der Waals surface area contributed by atoms with E-state index in [-0.39, 0.29) is 17.4 Å². The molecular weight excluding hydrogens is 356 g/mol. The Hall–Kier alpha value is -2.96. The molecule has 0 saturated carbocycles. The lowest BCUT2D eigenvalue weighted by molar-refractivity contribution is -0.107. The van der Waals surface area contributed by atoms with Crippen LogP contribution in [0.1, 0.15) is 29.7 Å². The number of benzene rings is 2. The van der Waals surface area contributed by atoms with Crippen LogP contribution in [0.15, 0.2) is 53.3 Å². The first-order chi connectivity index (χ1) is 13.5. The van der Waals surface area contributed by atoms with Gasteiger partial charge in [0.25, 0.3) is 0 Å². The van der Waals surface area contributed by atoms with Crippen LogP contribution in [0, 0.1) is 0 Å². The number of pyridine rings is 1. The summed E-state index contributed by atoms with van der Waals surface area (Å²) in [6.07, 6.45) is 1.28. The van der Waals surface area contributed by atoms with Gasteiger partial charge in [-0.3, -0.25) is 4.79 Å². The van der Waals surface area contributed by atoms with Gasteiger partial charge in [0.15, 0.2) is 0 Å². The number of aliphatic hydroxyl groups is 1. The molecule has 0 bridgehead atoms. The minimum absolute atomic E-state index is 0.0276. The van der Waals surface area contributed by atoms with Crippen molar-refractivity contribution < 1.29 is 15.0 Å². The molecule has 0 saturated heterocycles. The van der Waals surface area contributed by atoms with Crippen molar-refractivity contribution >= 4 is 17.2 Å². The predicted octanol–water partition coefficient (Wildman–Crippen LogP) is 2.23. The van der Waals surface area contributed by atoms with Crippen molar-refractivity contribution in [2.45, 2.75) is 31.9 Å². The summed E-state index contributed by atoms with van der Waals surface area (Å²) in [5.74, 6) is -0.0276. The molecule has 6 nitrogen and oxygen atoms in total. The first kappa shape index (κ1) is 19.8. The maximum atomic E-state index is 11.5. The number of carbonyl (C=O) groups is 1. The number of fused-ring (bicyclic) bond motifs is 1. The zero-order chi connectivity index (χ0) is 20.1. The van der Waals surface area contributed by atoms with Gasteiger partial charge < -0.3 is 25.3 Å². The number of aromatic amines is 1. The molecule has 1 unspecified atom stereocenters. The molecule has 2 atom stereocenters. The molecule has 0 aliphatic heterocycles. The molecule has 1 heterocycles. The van der Waals surface area contributed by atoms with Crippen LogP contribution in [0.4, 0.5) is 0 Å². The summed E-state index contributed by atoms with van der Waals surface area (Å²) in [4.78, 5) is 24.8. The van der Waals surface area contributed by atoms with E-state index in [9.17, 15) is 19.8 Å². The van der Waals surface area contributed by atoms with E-state index in [0.29, 0.717) is 29.4 Å². The first-order valence-electron chi connectivity index (χ1n) is 9.25. The van der Waals surface area contributed by atoms with Gasteiger partial charge in [-0.05, 0) is 42.2 Å². The molecule has 0 fully saturated rings. The number of aldehydes is 1. The molecule has 0 spiro atoms. The van der Waals surface area contributed by atoms with Crippen molar-refractivity contribution in [1.29, 1.82) is 0 Å². The third-order valence-electron chi connectivity index (χ3n) is 4.78. The van der Waals surface area contributed by atoms with Crippen LogP contribution in [0.2, 0.25) is 0 Å². The van der Waals surface area contributed by atoms with Crippen LogP contribution < -0.4 is 10.9 Å². The Balaban J connectivity index is 1.67. The second kappa shape index (κ2) is 8.82. The molecule has 0 amide bonds. The van der Waals surface area contributed by atoms with Crippen molar-refractivity contribution in [3.8, 4) is 5.75 Å². The van der Waals surface area contributed by atoms with Crippen LogP contribution in [0.3, 0.4) is 0 Å². The zero-order valence-corrected chi connectivity index (χ0v) is 15.7. The largest absolute Gasteiger partial charge is 0.506 e. The van der Waals surface area contributed by atoms with Gasteiger partial charge >= 0.3 is 0 Å². The number of nitrogens with one attached hydrogen (secondary N) is 2. The zero-order valence-electron chi connectivity index (χ0n) is 15.7. The van der Waals surface area contributed by atoms with Gasteiger partial charge in [-0.25, -0.2) is 0 Å². The highest BCUT2D eigenvalue weighted by Crippen LogP contribution is 2.28. The summed E-state index contributed by atoms with van der Waals surface area (Å²) in [5.41, 5.74) is 2.77. The minimum atomic E-state index is -0.794. The highest BCUT2D eigenvalue weighted by molar-refractivity contribution is 5.87. The van der Waals surface area contributed by atoms with Gasteiger partial charge in [0.2, 0.25) is 5.56 Å². The molecule has 3 rings (SSSR count). The van der Waals surface area contributed by atoms with Crippen molar-refractivity contribution in [2.24, 2.45) is 0 Å². The Kier molecular flexibility index (Phi) is 6.23. The lowest BCUT2D eigenvalue weighted by atomic mass is 10.0. The lowest BCUT2D eigenvalue weighted by Gasteiger charge is -2.19. The number of rotatable bonds is 8. The summed E-state index contributed by atoms with van der Waals surface area (Å²) >= 11 is 0. The minimum Gasteiger partial charge on any atom is -0.506 e. The van der Waals surface area contributed by atoms with Gasteiger partial charge in [0.1, 0.15) is 12.0 Å². The number of aliphatic hydroxyl groups excluding tert-OH is 1. The molecule has 6 heteroatoms. The summed E-state index contributed by atoms with van der Waals surface area (Å²) in [6, 6.07) is 14.1. The van der Waals surface area contributed by atoms with Crippen molar-refractivity contribution in [1.82, 2.24) is 10.3 Å². The molecule has 1 aromatic heterocycles. The van der Waals surface area contributed by atoms with Gasteiger partial charge in [-0.15, -0.1) is 0 Å². The fourth-order valence-electron chi connectivity index (χ4n) is 3.38. The fraction of sp³-hybridized carbons (Fsp3) is 0.273. The number of phenols is 1. The Labute approximate surface area is 162 Å². The van der Waals surface area contributed by atoms with E-state index in [1.165, 1.54) is 12.1 Å². The van der Waals surface area contributed by atoms with Crippen molar-refractivity contribution in [3.05, 3.63) is 75.6 Å². The van der Waals surface area contributed by atoms with Gasteiger partial charge in [0, 0.05) is 30.5 Å². The number of phenolic OH excluding ortho intramolecular Hbond substituents is 1. The Bertz CT molecular complexity index is 1030. The standard InChI is InChI=1S/C22H24N2O4/c1-14(11-16-4-2-3-15(12-16)9-10-25)23-13-20(27)17-5-7-19(26)22-18(17)6-8-21(28)24-22/h2-8,10,12,14,20,23,26-27H,9,11,13H2,1H3,(H,24,28)/t14?,20-/m0/s1. The average molecular weight is 380 g/mol.